The van der Waals surface area contributed by atoms with E-state index in [4.69, 9.17) is 23.7 Å². The minimum Gasteiger partial charge on any atom is -0.497 e. The van der Waals surface area contributed by atoms with Gasteiger partial charge in [-0.2, -0.15) is 0 Å². The van der Waals surface area contributed by atoms with Crippen LogP contribution in [0.3, 0.4) is 0 Å². The fourth-order valence-electron chi connectivity index (χ4n) is 3.32. The molecule has 1 heterocycles. The predicted octanol–water partition coefficient (Wildman–Crippen LogP) is 4.08. The molecule has 176 valence electrons. The van der Waals surface area contributed by atoms with E-state index in [1.54, 1.807) is 43.5 Å². The van der Waals surface area contributed by atoms with Crippen LogP contribution < -0.4 is 19.5 Å². The number of hydrogen-bond donors (Lipinski definition) is 1. The van der Waals surface area contributed by atoms with E-state index >= 15 is 0 Å². The Balaban J connectivity index is 1.29. The van der Waals surface area contributed by atoms with Crippen LogP contribution in [0.1, 0.15) is 21.5 Å². The van der Waals surface area contributed by atoms with Crippen molar-refractivity contribution >= 4 is 17.6 Å². The predicted molar refractivity (Wildman–Crippen MR) is 119 cm³/mol. The number of carbonyl (C=O) groups excluding carboxylic acids is 2. The molecule has 0 fully saturated rings. The van der Waals surface area contributed by atoms with Crippen molar-refractivity contribution in [3.8, 4) is 17.2 Å². The summed E-state index contributed by atoms with van der Waals surface area (Å²) >= 11 is 0. The van der Waals surface area contributed by atoms with E-state index in [1.165, 1.54) is 24.3 Å². The van der Waals surface area contributed by atoms with Crippen molar-refractivity contribution in [2.45, 2.75) is 13.2 Å². The zero-order valence-corrected chi connectivity index (χ0v) is 18.3. The molecule has 1 N–H and O–H groups in total. The summed E-state index contributed by atoms with van der Waals surface area (Å²) in [5, 5.41) is 2.71. The number of carbonyl (C=O) groups is 2. The summed E-state index contributed by atoms with van der Waals surface area (Å²) in [4.78, 5) is 24.5. The molecule has 1 aliphatic heterocycles. The Hall–Kier alpha value is -4.11. The molecule has 0 aromatic heterocycles. The average molecular weight is 467 g/mol. The van der Waals surface area contributed by atoms with Gasteiger partial charge in [0.25, 0.3) is 5.91 Å². The number of fused-ring (bicyclic) bond motifs is 1. The van der Waals surface area contributed by atoms with E-state index in [0.29, 0.717) is 34.1 Å². The monoisotopic (exact) mass is 467 g/mol. The van der Waals surface area contributed by atoms with Gasteiger partial charge < -0.3 is 29.0 Å². The molecule has 0 atom stereocenters. The van der Waals surface area contributed by atoms with E-state index in [2.05, 4.69) is 5.32 Å². The van der Waals surface area contributed by atoms with Crippen molar-refractivity contribution in [3.63, 3.8) is 0 Å². The summed E-state index contributed by atoms with van der Waals surface area (Å²) in [5.41, 5.74) is 1.86. The van der Waals surface area contributed by atoms with Gasteiger partial charge in [0, 0.05) is 22.9 Å². The molecule has 4 rings (SSSR count). The lowest BCUT2D eigenvalue weighted by Gasteiger charge is -2.20. The van der Waals surface area contributed by atoms with Gasteiger partial charge in [0.05, 0.1) is 19.3 Å². The SMILES string of the molecule is COc1cccc(NC(=O)COc2ccc(C(=O)OCc3cc(F)cc4c3OCOC4)cc2)c1. The molecular formula is C25H22FNO7. The van der Waals surface area contributed by atoms with Gasteiger partial charge in [0.15, 0.2) is 13.4 Å². The number of hydrogen-bond acceptors (Lipinski definition) is 7. The number of ether oxygens (including phenoxy) is 5. The second kappa shape index (κ2) is 10.7. The molecule has 1 aliphatic rings. The van der Waals surface area contributed by atoms with Crippen molar-refractivity contribution in [3.05, 3.63) is 83.2 Å². The van der Waals surface area contributed by atoms with Crippen molar-refractivity contribution in [1.82, 2.24) is 0 Å². The van der Waals surface area contributed by atoms with E-state index in [1.807, 2.05) is 0 Å². The third-order valence-electron chi connectivity index (χ3n) is 4.92. The molecule has 3 aromatic carbocycles. The molecule has 8 nitrogen and oxygen atoms in total. The first-order valence-corrected chi connectivity index (χ1v) is 10.4. The van der Waals surface area contributed by atoms with Gasteiger partial charge in [-0.3, -0.25) is 4.79 Å². The van der Waals surface area contributed by atoms with E-state index in [-0.39, 0.29) is 38.1 Å². The van der Waals surface area contributed by atoms with Crippen molar-refractivity contribution in [2.75, 3.05) is 25.8 Å². The second-order valence-electron chi connectivity index (χ2n) is 7.33. The van der Waals surface area contributed by atoms with Gasteiger partial charge in [-0.15, -0.1) is 0 Å². The minimum absolute atomic E-state index is 0.0542. The lowest BCUT2D eigenvalue weighted by molar-refractivity contribution is -0.118. The molecule has 0 saturated heterocycles. The Morgan fingerprint density at radius 2 is 1.88 bits per heavy atom. The summed E-state index contributed by atoms with van der Waals surface area (Å²) in [6.07, 6.45) is 0. The largest absolute Gasteiger partial charge is 0.497 e. The minimum atomic E-state index is -0.590. The van der Waals surface area contributed by atoms with Crippen molar-refractivity contribution in [1.29, 1.82) is 0 Å². The van der Waals surface area contributed by atoms with Gasteiger partial charge >= 0.3 is 5.97 Å². The summed E-state index contributed by atoms with van der Waals surface area (Å²) in [6.45, 7) is -0.0807. The smallest absolute Gasteiger partial charge is 0.338 e. The first kappa shape index (κ1) is 23.1. The van der Waals surface area contributed by atoms with Gasteiger partial charge in [-0.05, 0) is 48.5 Å². The number of esters is 1. The second-order valence-corrected chi connectivity index (χ2v) is 7.33. The van der Waals surface area contributed by atoms with Crippen LogP contribution in [-0.2, 0) is 27.5 Å². The molecule has 0 spiro atoms. The highest BCUT2D eigenvalue weighted by Gasteiger charge is 2.18. The molecular weight excluding hydrogens is 445 g/mol. The zero-order chi connectivity index (χ0) is 23.9. The number of anilines is 1. The Kier molecular flexibility index (Phi) is 7.24. The first-order valence-electron chi connectivity index (χ1n) is 10.4. The lowest BCUT2D eigenvalue weighted by Crippen LogP contribution is -2.20. The van der Waals surface area contributed by atoms with E-state index in [0.717, 1.165) is 0 Å². The van der Waals surface area contributed by atoms with E-state index in [9.17, 15) is 14.0 Å². The summed E-state index contributed by atoms with van der Waals surface area (Å²) < 4.78 is 40.3. The van der Waals surface area contributed by atoms with Gasteiger partial charge in [-0.1, -0.05) is 6.07 Å². The molecule has 9 heteroatoms. The maximum atomic E-state index is 13.8. The summed E-state index contributed by atoms with van der Waals surface area (Å²) in [6, 6.07) is 15.7. The normalized spacial score (nSPS) is 12.2. The highest BCUT2D eigenvalue weighted by molar-refractivity contribution is 5.92. The van der Waals surface area contributed by atoms with Gasteiger partial charge in [0.2, 0.25) is 0 Å². The van der Waals surface area contributed by atoms with Crippen LogP contribution in [0.5, 0.6) is 17.2 Å². The van der Waals surface area contributed by atoms with Crippen molar-refractivity contribution in [2.24, 2.45) is 0 Å². The Morgan fingerprint density at radius 3 is 2.68 bits per heavy atom. The maximum absolute atomic E-state index is 13.8. The van der Waals surface area contributed by atoms with Crippen LogP contribution in [-0.4, -0.2) is 32.4 Å². The Bertz CT molecular complexity index is 1180. The molecule has 0 bridgehead atoms. The fourth-order valence-corrected chi connectivity index (χ4v) is 3.32. The van der Waals surface area contributed by atoms with Crippen LogP contribution in [0.25, 0.3) is 0 Å². The van der Waals surface area contributed by atoms with Crippen LogP contribution in [0.15, 0.2) is 60.7 Å². The number of methoxy groups -OCH3 is 1. The first-order chi connectivity index (χ1) is 16.5. The number of nitrogens with one attached hydrogen (secondary N) is 1. The highest BCUT2D eigenvalue weighted by atomic mass is 19.1. The van der Waals surface area contributed by atoms with Crippen LogP contribution in [0.4, 0.5) is 10.1 Å². The number of halogens is 1. The van der Waals surface area contributed by atoms with Crippen LogP contribution in [0, 0.1) is 5.82 Å². The van der Waals surface area contributed by atoms with E-state index < -0.39 is 11.8 Å². The quantitative estimate of drug-likeness (QED) is 0.499. The zero-order valence-electron chi connectivity index (χ0n) is 18.3. The highest BCUT2D eigenvalue weighted by Crippen LogP contribution is 2.30. The third kappa shape index (κ3) is 5.81. The molecule has 0 radical (unpaired) electrons. The third-order valence-corrected chi connectivity index (χ3v) is 4.92. The topological polar surface area (TPSA) is 92.3 Å². The molecule has 34 heavy (non-hydrogen) atoms. The number of amides is 1. The molecule has 0 unspecified atom stereocenters. The average Bonchev–Trinajstić information content (AvgIpc) is 2.86. The lowest BCUT2D eigenvalue weighted by atomic mass is 10.1. The van der Waals surface area contributed by atoms with Crippen molar-refractivity contribution < 1.29 is 37.7 Å². The molecule has 0 aliphatic carbocycles. The van der Waals surface area contributed by atoms with Crippen LogP contribution >= 0.6 is 0 Å². The molecule has 0 saturated carbocycles. The summed E-state index contributed by atoms with van der Waals surface area (Å²) in [7, 11) is 1.54. The number of benzene rings is 3. The summed E-state index contributed by atoms with van der Waals surface area (Å²) in [5.74, 6) is 0.104. The molecule has 1 amide bonds. The Morgan fingerprint density at radius 1 is 1.06 bits per heavy atom. The Labute approximate surface area is 195 Å². The standard InChI is InChI=1S/C25H22FNO7/c1-30-22-4-2-3-20(11-22)27-23(28)14-32-21-7-5-16(6-8-21)25(29)33-13-18-10-19(26)9-17-12-31-15-34-24(17)18/h2-11H,12-15H2,1H3,(H,27,28). The van der Waals surface area contributed by atoms with Gasteiger partial charge in [-0.25, -0.2) is 9.18 Å². The number of rotatable bonds is 8. The van der Waals surface area contributed by atoms with Gasteiger partial charge in [0.1, 0.15) is 29.7 Å². The maximum Gasteiger partial charge on any atom is 0.338 e. The van der Waals surface area contributed by atoms with Crippen LogP contribution in [0.2, 0.25) is 0 Å². The molecule has 3 aromatic rings. The fraction of sp³-hybridized carbons (Fsp3) is 0.200.